The molecule has 5 rings (SSSR count). The zero-order chi connectivity index (χ0) is 23.2. The Morgan fingerprint density at radius 1 is 0.971 bits per heavy atom. The van der Waals surface area contributed by atoms with Gasteiger partial charge in [-0.25, -0.2) is 9.97 Å². The van der Waals surface area contributed by atoms with Gasteiger partial charge in [-0.15, -0.1) is 0 Å². The van der Waals surface area contributed by atoms with E-state index in [1.54, 1.807) is 11.3 Å². The molecule has 0 saturated carbocycles. The van der Waals surface area contributed by atoms with Crippen molar-refractivity contribution < 1.29 is 4.79 Å². The lowest BCUT2D eigenvalue weighted by atomic mass is 9.96. The average Bonchev–Trinajstić information content (AvgIpc) is 3.33. The van der Waals surface area contributed by atoms with E-state index in [-0.39, 0.29) is 11.8 Å². The number of pyridine rings is 1. The van der Waals surface area contributed by atoms with Crippen LogP contribution in [-0.4, -0.2) is 78.0 Å². The lowest BCUT2D eigenvalue weighted by Gasteiger charge is -2.34. The van der Waals surface area contributed by atoms with E-state index in [1.807, 2.05) is 18.3 Å². The van der Waals surface area contributed by atoms with Crippen LogP contribution in [0.4, 0.5) is 5.13 Å². The van der Waals surface area contributed by atoms with Gasteiger partial charge in [0.05, 0.1) is 0 Å². The number of rotatable bonds is 8. The van der Waals surface area contributed by atoms with Crippen molar-refractivity contribution in [3.05, 3.63) is 54.2 Å². The van der Waals surface area contributed by atoms with Gasteiger partial charge in [0.2, 0.25) is 5.91 Å². The third kappa shape index (κ3) is 5.92. The van der Waals surface area contributed by atoms with Crippen LogP contribution in [0.3, 0.4) is 0 Å². The number of nitrogens with one attached hydrogen (secondary N) is 1. The fourth-order valence-corrected chi connectivity index (χ4v) is 5.86. The maximum atomic E-state index is 12.7. The SMILES string of the molecule is O=C(NCCCN1CCN(Cc2ccccc2)CC1)C1CCN(c2nc3cccnc3s2)CC1. The highest BCUT2D eigenvalue weighted by atomic mass is 32.1. The molecule has 4 heterocycles. The lowest BCUT2D eigenvalue weighted by molar-refractivity contribution is -0.125. The first-order valence-electron chi connectivity index (χ1n) is 12.5. The lowest BCUT2D eigenvalue weighted by Crippen LogP contribution is -2.46. The number of piperidine rings is 1. The molecule has 0 unspecified atom stereocenters. The highest BCUT2D eigenvalue weighted by Crippen LogP contribution is 2.30. The Morgan fingerprint density at radius 2 is 1.74 bits per heavy atom. The molecule has 3 aromatic rings. The predicted molar refractivity (Wildman–Crippen MR) is 138 cm³/mol. The van der Waals surface area contributed by atoms with Crippen LogP contribution in [0, 0.1) is 5.92 Å². The molecule has 2 fully saturated rings. The number of carbonyl (C=O) groups excluding carboxylic acids is 1. The summed E-state index contributed by atoms with van der Waals surface area (Å²) in [5.41, 5.74) is 2.35. The predicted octanol–water partition coefficient (Wildman–Crippen LogP) is 3.23. The van der Waals surface area contributed by atoms with Gasteiger partial charge in [0.1, 0.15) is 10.3 Å². The fourth-order valence-electron chi connectivity index (χ4n) is 4.90. The van der Waals surface area contributed by atoms with Gasteiger partial charge in [-0.3, -0.25) is 9.69 Å². The van der Waals surface area contributed by atoms with Crippen LogP contribution in [0.25, 0.3) is 10.3 Å². The molecule has 2 aliphatic rings. The first-order valence-corrected chi connectivity index (χ1v) is 13.3. The fraction of sp³-hybridized carbons (Fsp3) is 0.500. The number of piperazine rings is 1. The Kier molecular flexibility index (Phi) is 7.68. The molecule has 0 bridgehead atoms. The van der Waals surface area contributed by atoms with Crippen LogP contribution in [-0.2, 0) is 11.3 Å². The number of hydrogen-bond acceptors (Lipinski definition) is 7. The van der Waals surface area contributed by atoms with Gasteiger partial charge in [0.25, 0.3) is 0 Å². The van der Waals surface area contributed by atoms with Crippen molar-refractivity contribution in [2.24, 2.45) is 5.92 Å². The molecule has 1 aromatic carbocycles. The first-order chi connectivity index (χ1) is 16.7. The van der Waals surface area contributed by atoms with Gasteiger partial charge in [-0.1, -0.05) is 41.7 Å². The standard InChI is InChI=1S/C26H34N6OS/c33-24(22-9-14-32(15-10-22)26-29-23-8-4-11-28-25(23)34-26)27-12-5-13-30-16-18-31(19-17-30)20-21-6-2-1-3-7-21/h1-4,6-8,11,22H,5,9-10,12-20H2,(H,27,33). The molecule has 0 spiro atoms. The minimum Gasteiger partial charge on any atom is -0.356 e. The molecule has 1 amide bonds. The van der Waals surface area contributed by atoms with E-state index in [9.17, 15) is 4.79 Å². The molecular formula is C26H34N6OS. The molecular weight excluding hydrogens is 444 g/mol. The molecule has 0 aliphatic carbocycles. The van der Waals surface area contributed by atoms with Crippen molar-refractivity contribution in [2.75, 3.05) is 57.3 Å². The summed E-state index contributed by atoms with van der Waals surface area (Å²) in [5.74, 6) is 0.337. The van der Waals surface area contributed by atoms with Crippen LogP contribution in [0.5, 0.6) is 0 Å². The molecule has 2 aromatic heterocycles. The Labute approximate surface area is 205 Å². The molecule has 34 heavy (non-hydrogen) atoms. The monoisotopic (exact) mass is 478 g/mol. The maximum Gasteiger partial charge on any atom is 0.223 e. The normalized spacial score (nSPS) is 18.4. The van der Waals surface area contributed by atoms with Crippen molar-refractivity contribution in [3.8, 4) is 0 Å². The Hall–Kier alpha value is -2.55. The number of fused-ring (bicyclic) bond motifs is 1. The molecule has 0 atom stereocenters. The smallest absolute Gasteiger partial charge is 0.223 e. The third-order valence-corrected chi connectivity index (χ3v) is 8.00. The number of aromatic nitrogens is 2. The topological polar surface area (TPSA) is 64.6 Å². The van der Waals surface area contributed by atoms with Crippen molar-refractivity contribution in [2.45, 2.75) is 25.8 Å². The summed E-state index contributed by atoms with van der Waals surface area (Å²) in [7, 11) is 0. The van der Waals surface area contributed by atoms with Gasteiger partial charge in [-0.2, -0.15) is 0 Å². The number of amides is 1. The second kappa shape index (κ2) is 11.3. The average molecular weight is 479 g/mol. The van der Waals surface area contributed by atoms with Crippen molar-refractivity contribution in [1.29, 1.82) is 0 Å². The van der Waals surface area contributed by atoms with Crippen molar-refractivity contribution in [1.82, 2.24) is 25.1 Å². The van der Waals surface area contributed by atoms with E-state index in [1.165, 1.54) is 5.56 Å². The highest BCUT2D eigenvalue weighted by Gasteiger charge is 2.26. The maximum absolute atomic E-state index is 12.7. The number of nitrogens with zero attached hydrogens (tertiary/aromatic N) is 5. The number of anilines is 1. The molecule has 180 valence electrons. The summed E-state index contributed by atoms with van der Waals surface area (Å²) in [6.07, 6.45) is 4.60. The van der Waals surface area contributed by atoms with Crippen LogP contribution in [0.1, 0.15) is 24.8 Å². The minimum absolute atomic E-state index is 0.116. The van der Waals surface area contributed by atoms with E-state index >= 15 is 0 Å². The van der Waals surface area contributed by atoms with E-state index in [2.05, 4.69) is 55.3 Å². The summed E-state index contributed by atoms with van der Waals surface area (Å²) in [4.78, 5) is 30.1. The second-order valence-corrected chi connectivity index (χ2v) is 10.3. The molecule has 2 saturated heterocycles. The second-order valence-electron chi connectivity index (χ2n) is 9.33. The van der Waals surface area contributed by atoms with Crippen molar-refractivity contribution >= 4 is 32.7 Å². The number of hydrogen-bond donors (Lipinski definition) is 1. The van der Waals surface area contributed by atoms with Crippen LogP contribution < -0.4 is 10.2 Å². The van der Waals surface area contributed by atoms with E-state index in [0.29, 0.717) is 0 Å². The summed E-state index contributed by atoms with van der Waals surface area (Å²) >= 11 is 1.64. The highest BCUT2D eigenvalue weighted by molar-refractivity contribution is 7.21. The Morgan fingerprint density at radius 3 is 2.50 bits per heavy atom. The summed E-state index contributed by atoms with van der Waals surface area (Å²) < 4.78 is 0. The van der Waals surface area contributed by atoms with Gasteiger partial charge in [0.15, 0.2) is 5.13 Å². The van der Waals surface area contributed by atoms with Gasteiger partial charge in [0, 0.05) is 64.5 Å². The quantitative estimate of drug-likeness (QED) is 0.502. The molecule has 2 aliphatic heterocycles. The third-order valence-electron chi connectivity index (χ3n) is 6.96. The zero-order valence-corrected chi connectivity index (χ0v) is 20.6. The van der Waals surface area contributed by atoms with Gasteiger partial charge in [-0.05, 0) is 43.5 Å². The van der Waals surface area contributed by atoms with E-state index in [4.69, 9.17) is 4.98 Å². The largest absolute Gasteiger partial charge is 0.356 e. The van der Waals surface area contributed by atoms with Gasteiger partial charge < -0.3 is 15.1 Å². The minimum atomic E-state index is 0.116. The van der Waals surface area contributed by atoms with Crippen molar-refractivity contribution in [3.63, 3.8) is 0 Å². The van der Waals surface area contributed by atoms with E-state index in [0.717, 1.165) is 93.6 Å². The number of thiazole rings is 1. The number of carbonyl (C=O) groups is 1. The Bertz CT molecular complexity index is 1020. The summed E-state index contributed by atoms with van der Waals surface area (Å²) in [6.45, 7) is 9.09. The van der Waals surface area contributed by atoms with Crippen LogP contribution >= 0.6 is 11.3 Å². The first kappa shape index (κ1) is 23.2. The van der Waals surface area contributed by atoms with Gasteiger partial charge >= 0.3 is 0 Å². The molecule has 8 heteroatoms. The van der Waals surface area contributed by atoms with Crippen LogP contribution in [0.2, 0.25) is 0 Å². The number of benzene rings is 1. The molecule has 7 nitrogen and oxygen atoms in total. The van der Waals surface area contributed by atoms with E-state index < -0.39 is 0 Å². The summed E-state index contributed by atoms with van der Waals surface area (Å²) in [5, 5.41) is 4.22. The molecule has 1 N–H and O–H groups in total. The zero-order valence-electron chi connectivity index (χ0n) is 19.7. The Balaban J connectivity index is 0.966. The molecule has 0 radical (unpaired) electrons. The van der Waals surface area contributed by atoms with Crippen LogP contribution in [0.15, 0.2) is 48.7 Å². The summed E-state index contributed by atoms with van der Waals surface area (Å²) in [6, 6.07) is 14.6.